The van der Waals surface area contributed by atoms with E-state index in [9.17, 15) is 8.78 Å². The predicted molar refractivity (Wildman–Crippen MR) is 56.4 cm³/mol. The zero-order valence-electron chi connectivity index (χ0n) is 8.36. The summed E-state index contributed by atoms with van der Waals surface area (Å²) in [6.07, 6.45) is -0.180. The highest BCUT2D eigenvalue weighted by Gasteiger charge is 2.47. The Morgan fingerprint density at radius 1 is 1.40 bits per heavy atom. The highest BCUT2D eigenvalue weighted by atomic mass is 35.5. The molecule has 1 unspecified atom stereocenters. The Kier molecular flexibility index (Phi) is 2.47. The fraction of sp³-hybridized carbons (Fsp3) is 0.455. The number of benzene rings is 1. The highest BCUT2D eigenvalue weighted by Crippen LogP contribution is 2.39. The monoisotopic (exact) mass is 231 g/mol. The summed E-state index contributed by atoms with van der Waals surface area (Å²) < 4.78 is 26.3. The van der Waals surface area contributed by atoms with E-state index in [-0.39, 0.29) is 13.0 Å². The van der Waals surface area contributed by atoms with Crippen LogP contribution in [0.25, 0.3) is 0 Å². The molecule has 4 heteroatoms. The molecule has 1 heterocycles. The van der Waals surface area contributed by atoms with Crippen LogP contribution in [-0.4, -0.2) is 12.5 Å². The molecule has 1 saturated heterocycles. The lowest BCUT2D eigenvalue weighted by molar-refractivity contribution is 0.0165. The summed E-state index contributed by atoms with van der Waals surface area (Å²) in [5.74, 6) is -2.63. The summed E-state index contributed by atoms with van der Waals surface area (Å²) in [5.41, 5.74) is 0.140. The average molecular weight is 232 g/mol. The van der Waals surface area contributed by atoms with Gasteiger partial charge in [0.1, 0.15) is 0 Å². The summed E-state index contributed by atoms with van der Waals surface area (Å²) in [5, 5.41) is 3.43. The van der Waals surface area contributed by atoms with Crippen molar-refractivity contribution in [2.24, 2.45) is 0 Å². The first kappa shape index (κ1) is 10.8. The van der Waals surface area contributed by atoms with E-state index >= 15 is 0 Å². The largest absolute Gasteiger partial charge is 0.302 e. The summed E-state index contributed by atoms with van der Waals surface area (Å²) >= 11 is 5.84. The minimum absolute atomic E-state index is 0.180. The van der Waals surface area contributed by atoms with E-state index in [0.29, 0.717) is 5.02 Å². The molecule has 82 valence electrons. The third-order valence-electron chi connectivity index (χ3n) is 2.81. The van der Waals surface area contributed by atoms with Crippen molar-refractivity contribution in [3.63, 3.8) is 0 Å². The van der Waals surface area contributed by atoms with E-state index < -0.39 is 11.5 Å². The molecule has 1 aliphatic rings. The van der Waals surface area contributed by atoms with E-state index in [4.69, 9.17) is 11.6 Å². The molecule has 2 rings (SSSR count). The number of hydrogen-bond donors (Lipinski definition) is 1. The summed E-state index contributed by atoms with van der Waals surface area (Å²) in [7, 11) is 0. The van der Waals surface area contributed by atoms with Crippen molar-refractivity contribution in [1.29, 1.82) is 0 Å². The number of alkyl halides is 2. The van der Waals surface area contributed by atoms with Crippen molar-refractivity contribution in [3.05, 3.63) is 34.9 Å². The number of nitrogens with one attached hydrogen (secondary N) is 1. The van der Waals surface area contributed by atoms with E-state index in [2.05, 4.69) is 5.32 Å². The van der Waals surface area contributed by atoms with Gasteiger partial charge in [-0.2, -0.15) is 0 Å². The van der Waals surface area contributed by atoms with E-state index in [1.54, 1.807) is 25.1 Å². The second kappa shape index (κ2) is 3.42. The Morgan fingerprint density at radius 2 is 2.13 bits per heavy atom. The first-order valence-electron chi connectivity index (χ1n) is 4.80. The SMILES string of the molecule is CC1(c2cccc(Cl)c2)CC(F)(F)CN1. The summed E-state index contributed by atoms with van der Waals surface area (Å²) in [4.78, 5) is 0. The van der Waals surface area contributed by atoms with Crippen LogP contribution in [0.2, 0.25) is 5.02 Å². The second-order valence-corrected chi connectivity index (χ2v) is 4.67. The maximum absolute atomic E-state index is 13.1. The van der Waals surface area contributed by atoms with Gasteiger partial charge in [0.2, 0.25) is 0 Å². The van der Waals surface area contributed by atoms with Crippen molar-refractivity contribution in [2.45, 2.75) is 24.8 Å². The van der Waals surface area contributed by atoms with E-state index in [1.165, 1.54) is 0 Å². The lowest BCUT2D eigenvalue weighted by Crippen LogP contribution is -2.32. The fourth-order valence-corrected chi connectivity index (χ4v) is 2.19. The van der Waals surface area contributed by atoms with Gasteiger partial charge < -0.3 is 5.32 Å². The van der Waals surface area contributed by atoms with Gasteiger partial charge in [-0.05, 0) is 24.6 Å². The molecule has 1 aromatic carbocycles. The van der Waals surface area contributed by atoms with Gasteiger partial charge in [-0.3, -0.25) is 0 Å². The summed E-state index contributed by atoms with van der Waals surface area (Å²) in [6, 6.07) is 7.07. The first-order chi connectivity index (χ1) is 6.91. The minimum Gasteiger partial charge on any atom is -0.302 e. The zero-order chi connectivity index (χ0) is 11.1. The molecule has 15 heavy (non-hydrogen) atoms. The van der Waals surface area contributed by atoms with Crippen molar-refractivity contribution >= 4 is 11.6 Å². The van der Waals surface area contributed by atoms with Crippen LogP contribution in [-0.2, 0) is 5.54 Å². The first-order valence-corrected chi connectivity index (χ1v) is 5.18. The van der Waals surface area contributed by atoms with Crippen LogP contribution in [0.3, 0.4) is 0 Å². The number of hydrogen-bond acceptors (Lipinski definition) is 1. The van der Waals surface area contributed by atoms with Gasteiger partial charge in [-0.1, -0.05) is 23.7 Å². The minimum atomic E-state index is -2.63. The lowest BCUT2D eigenvalue weighted by Gasteiger charge is -2.24. The third-order valence-corrected chi connectivity index (χ3v) is 3.05. The molecular formula is C11H12ClF2N. The number of rotatable bonds is 1. The Morgan fingerprint density at radius 3 is 2.67 bits per heavy atom. The van der Waals surface area contributed by atoms with Gasteiger partial charge in [0.05, 0.1) is 6.54 Å². The smallest absolute Gasteiger partial charge is 0.262 e. The molecule has 0 spiro atoms. The Hall–Kier alpha value is -0.670. The van der Waals surface area contributed by atoms with Crippen LogP contribution in [0.5, 0.6) is 0 Å². The lowest BCUT2D eigenvalue weighted by atomic mass is 9.90. The van der Waals surface area contributed by atoms with Gasteiger partial charge in [0, 0.05) is 17.0 Å². The molecule has 0 saturated carbocycles. The molecule has 1 nitrogen and oxygen atoms in total. The van der Waals surface area contributed by atoms with Gasteiger partial charge in [-0.15, -0.1) is 0 Å². The molecule has 1 aromatic rings. The topological polar surface area (TPSA) is 12.0 Å². The van der Waals surface area contributed by atoms with Crippen molar-refractivity contribution in [2.75, 3.05) is 6.54 Å². The molecule has 1 aliphatic heterocycles. The van der Waals surface area contributed by atoms with Crippen LogP contribution in [0.4, 0.5) is 8.78 Å². The molecule has 1 N–H and O–H groups in total. The average Bonchev–Trinajstić information content (AvgIpc) is 2.42. The quantitative estimate of drug-likeness (QED) is 0.783. The Bertz CT molecular complexity index is 381. The predicted octanol–water partition coefficient (Wildman–Crippen LogP) is 3.18. The normalized spacial score (nSPS) is 29.3. The standard InChI is InChI=1S/C11H12ClF2N/c1-10(6-11(13,14)7-15-10)8-3-2-4-9(12)5-8/h2-5,15H,6-7H2,1H3. The molecular weight excluding hydrogens is 220 g/mol. The van der Waals surface area contributed by atoms with Crippen LogP contribution < -0.4 is 5.32 Å². The van der Waals surface area contributed by atoms with E-state index in [1.807, 2.05) is 6.07 Å². The van der Waals surface area contributed by atoms with Crippen molar-refractivity contribution < 1.29 is 8.78 Å². The second-order valence-electron chi connectivity index (χ2n) is 4.23. The zero-order valence-corrected chi connectivity index (χ0v) is 9.11. The third kappa shape index (κ3) is 2.13. The molecule has 0 aliphatic carbocycles. The molecule has 0 aromatic heterocycles. The van der Waals surface area contributed by atoms with Gasteiger partial charge in [0.25, 0.3) is 5.92 Å². The molecule has 1 fully saturated rings. The maximum Gasteiger partial charge on any atom is 0.262 e. The molecule has 0 bridgehead atoms. The van der Waals surface area contributed by atoms with Gasteiger partial charge in [-0.25, -0.2) is 8.78 Å². The van der Waals surface area contributed by atoms with Gasteiger partial charge >= 0.3 is 0 Å². The van der Waals surface area contributed by atoms with Crippen molar-refractivity contribution in [1.82, 2.24) is 5.32 Å². The maximum atomic E-state index is 13.1. The van der Waals surface area contributed by atoms with Crippen LogP contribution in [0, 0.1) is 0 Å². The molecule has 0 amide bonds. The van der Waals surface area contributed by atoms with Crippen LogP contribution >= 0.6 is 11.6 Å². The fourth-order valence-electron chi connectivity index (χ4n) is 2.00. The van der Waals surface area contributed by atoms with E-state index in [0.717, 1.165) is 5.56 Å². The molecule has 1 atom stereocenters. The van der Waals surface area contributed by atoms with Crippen LogP contribution in [0.15, 0.2) is 24.3 Å². The highest BCUT2D eigenvalue weighted by molar-refractivity contribution is 6.30. The van der Waals surface area contributed by atoms with Crippen LogP contribution in [0.1, 0.15) is 18.9 Å². The Labute approximate surface area is 92.4 Å². The number of halogens is 3. The Balaban J connectivity index is 2.31. The van der Waals surface area contributed by atoms with Gasteiger partial charge in [0.15, 0.2) is 0 Å². The molecule has 0 radical (unpaired) electrons. The summed E-state index contributed by atoms with van der Waals surface area (Å²) in [6.45, 7) is 1.51. The van der Waals surface area contributed by atoms with Crippen molar-refractivity contribution in [3.8, 4) is 0 Å².